The topological polar surface area (TPSA) is 15.5 Å². The first-order valence-corrected chi connectivity index (χ1v) is 39.6. The highest BCUT2D eigenvalue weighted by atomic mass is 14.9. The molecule has 0 amide bonds. The van der Waals surface area contributed by atoms with Crippen molar-refractivity contribution in [3.63, 3.8) is 0 Å². The maximum absolute atomic E-state index is 9.22. The molecule has 4 fully saturated rings. The number of aromatic nitrogens is 4. The van der Waals surface area contributed by atoms with Crippen molar-refractivity contribution in [2.75, 3.05) is 0 Å². The molecule has 0 N–H and O–H groups in total. The van der Waals surface area contributed by atoms with Gasteiger partial charge < -0.3 is 0 Å². The number of nitrogens with zero attached hydrogens (tertiary/aromatic N) is 4. The molecule has 0 bridgehead atoms. The van der Waals surface area contributed by atoms with Crippen molar-refractivity contribution in [2.45, 2.75) is 215 Å². The molecule has 12 aromatic rings. The van der Waals surface area contributed by atoms with Gasteiger partial charge in [0.25, 0.3) is 0 Å². The van der Waals surface area contributed by atoms with Gasteiger partial charge in [-0.3, -0.25) is 0 Å². The molecule has 0 aliphatic heterocycles. The molecule has 4 aliphatic carbocycles. The summed E-state index contributed by atoms with van der Waals surface area (Å²) in [6, 6.07) is 64.1. The Bertz CT molecular complexity index is 5990. The van der Waals surface area contributed by atoms with E-state index in [2.05, 4.69) is 70.4 Å². The maximum Gasteiger partial charge on any atom is 0.212 e. The number of benzene rings is 8. The average Bonchev–Trinajstić information content (AvgIpc) is 0.868. The summed E-state index contributed by atoms with van der Waals surface area (Å²) in [6.45, 7) is 0.857. The van der Waals surface area contributed by atoms with Crippen LogP contribution in [-0.2, 0) is 28.2 Å². The zero-order chi connectivity index (χ0) is 92.6. The number of rotatable bonds is 12. The summed E-state index contributed by atoms with van der Waals surface area (Å²) in [4.78, 5) is 0. The van der Waals surface area contributed by atoms with Crippen molar-refractivity contribution in [2.24, 2.45) is 28.2 Å². The quantitative estimate of drug-likeness (QED) is 0.108. The van der Waals surface area contributed by atoms with E-state index in [4.69, 9.17) is 24.7 Å². The molecule has 4 heterocycles. The van der Waals surface area contributed by atoms with Gasteiger partial charge in [-0.2, -0.15) is 0 Å². The fourth-order valence-corrected chi connectivity index (χ4v) is 17.1. The van der Waals surface area contributed by atoms with Gasteiger partial charge in [-0.1, -0.05) is 210 Å². The zero-order valence-corrected chi connectivity index (χ0v) is 65.9. The Kier molecular flexibility index (Phi) is 18.4. The first kappa shape index (κ1) is 56.6. The van der Waals surface area contributed by atoms with Crippen LogP contribution in [0.1, 0.15) is 249 Å². The molecule has 0 atom stereocenters. The Labute approximate surface area is 682 Å². The van der Waals surface area contributed by atoms with E-state index in [0.717, 1.165) is 230 Å². The van der Waals surface area contributed by atoms with Gasteiger partial charge in [0.15, 0.2) is 24.8 Å². The van der Waals surface area contributed by atoms with Gasteiger partial charge in [-0.05, 0) is 287 Å². The van der Waals surface area contributed by atoms with Crippen molar-refractivity contribution >= 4 is 0 Å². The zero-order valence-electron chi connectivity index (χ0n) is 84.9. The molecule has 16 rings (SSSR count). The van der Waals surface area contributed by atoms with Crippen LogP contribution in [0.5, 0.6) is 0 Å². The summed E-state index contributed by atoms with van der Waals surface area (Å²) in [6.07, 6.45) is 25.5. The van der Waals surface area contributed by atoms with Gasteiger partial charge in [-0.15, -0.1) is 0 Å². The average molecular weight is 1460 g/mol. The predicted molar refractivity (Wildman–Crippen MR) is 460 cm³/mol. The van der Waals surface area contributed by atoms with Gasteiger partial charge in [0, 0.05) is 94.8 Å². The summed E-state index contributed by atoms with van der Waals surface area (Å²) < 4.78 is 165. The van der Waals surface area contributed by atoms with Crippen LogP contribution in [0, 0.1) is 75.8 Å². The molecule has 4 saturated carbocycles. The minimum atomic E-state index is -2.33. The third-order valence-electron chi connectivity index (χ3n) is 23.1. The highest BCUT2D eigenvalue weighted by molar-refractivity contribution is 5.80. The van der Waals surface area contributed by atoms with Crippen LogP contribution in [0.25, 0.3) is 89.5 Å². The summed E-state index contributed by atoms with van der Waals surface area (Å²) in [5.41, 5.74) is 25.5. The van der Waals surface area contributed by atoms with E-state index >= 15 is 0 Å². The highest BCUT2D eigenvalue weighted by Crippen LogP contribution is 2.42. The lowest BCUT2D eigenvalue weighted by Gasteiger charge is -2.23. The number of aryl methyl sites for hydroxylation is 15. The number of pyridine rings is 4. The molecule has 4 aromatic heterocycles. The van der Waals surface area contributed by atoms with Crippen LogP contribution in [0.3, 0.4) is 0 Å². The maximum atomic E-state index is 9.22. The molecule has 4 nitrogen and oxygen atoms in total. The molecule has 0 unspecified atom stereocenters. The fraction of sp³-hybridized carbons (Fsp3) is 0.352. The Balaban J connectivity index is 0.000000146. The summed E-state index contributed by atoms with van der Waals surface area (Å²) in [7, 11) is 7.88. The first-order valence-electron chi connectivity index (χ1n) is 49.1. The third kappa shape index (κ3) is 18.0. The second-order valence-electron chi connectivity index (χ2n) is 31.0. The van der Waals surface area contributed by atoms with Gasteiger partial charge in [0.05, 0.1) is 0 Å². The largest absolute Gasteiger partial charge is 0.212 e. The third-order valence-corrected chi connectivity index (χ3v) is 23.1. The van der Waals surface area contributed by atoms with Crippen molar-refractivity contribution in [3.8, 4) is 89.5 Å². The van der Waals surface area contributed by atoms with Crippen LogP contribution in [0.4, 0.5) is 0 Å². The first-order chi connectivity index (χ1) is 60.2. The normalized spacial score (nSPS) is 19.2. The highest BCUT2D eigenvalue weighted by Gasteiger charge is 2.29. The lowest BCUT2D eigenvalue weighted by molar-refractivity contribution is -0.661. The molecule has 0 spiro atoms. The van der Waals surface area contributed by atoms with Crippen molar-refractivity contribution in [3.05, 3.63) is 308 Å². The monoisotopic (exact) mass is 1460 g/mol. The Morgan fingerprint density at radius 1 is 0.239 bits per heavy atom. The standard InChI is InChI=1S/2C27H32N.C26H30N.C25H28N/c1-19-15-20(2)26(16-24(19)22-11-7-5-8-12-22)27-17-25(21(3)18-28(27)4)23-13-9-6-10-14-23;1-19-15-20(2)25(17-24(19)22-11-7-5-8-12-22)27-16-21(3)26(18-28(27)4)23-13-9-6-10-14-23;1-18-14-19(2)24(16-23(18)21-10-6-5-7-11-21)26-15-20(3)25(17-27(26)4)22-12-8-9-13-22;1-18-15-19(2)24(16-23(18)21-11-5-4-6-12-21)25-14-13-22(17-26(25)3)20-9-7-8-10-20/h2*5,7-8,11-12,15-18,23H,6,9-10,13-14H2,1-4H3;5-7,10-11,14-17,22H,8-9,12-13H2,1-4H3;4-6,11-17,20H,7-10H2,1-3H3/q4*+1/i1D3,3D3,23D;1D3,23D;1D3,22D;1D3,20D. The number of hydrogen-bond donors (Lipinski definition) is 0. The summed E-state index contributed by atoms with van der Waals surface area (Å²) in [5, 5.41) is 0. The van der Waals surface area contributed by atoms with E-state index in [0.29, 0.717) is 40.7 Å². The van der Waals surface area contributed by atoms with Crippen LogP contribution >= 0.6 is 0 Å². The van der Waals surface area contributed by atoms with E-state index in [1.165, 1.54) is 6.42 Å². The van der Waals surface area contributed by atoms with E-state index < -0.39 is 57.8 Å². The van der Waals surface area contributed by atoms with Crippen LogP contribution in [-0.4, -0.2) is 0 Å². The Hall–Kier alpha value is -9.64. The fourth-order valence-electron chi connectivity index (χ4n) is 17.1. The SMILES string of the molecule is [2H]C([2H])([2H])c1cc(C)c(-c2cc(C)c(C3([2H])CCCC3)c[n+]2C)cc1-c1ccccc1.[2H]C([2H])([2H])c1cc(C)c(-c2cc(C)c(C3([2H])CCCCC3)c[n+]2C)cc1-c1ccccc1.[2H]C([2H])([2H])c1cc(C)c(-c2cc(C3([2H])CCCCC3)c(C([2H])([2H])[2H])c[n+]2C)cc1-c1ccccc1.[2H]C([2H])([2H])c1cc(C)c(-c2ccc(C3([2H])CCCC3)c[n+]2C)cc1-c1ccccc1. The summed E-state index contributed by atoms with van der Waals surface area (Å²) in [5.74, 6) is -2.42. The lowest BCUT2D eigenvalue weighted by atomic mass is 9.82. The molecular formula is C105H122N4+4. The van der Waals surface area contributed by atoms with Gasteiger partial charge in [0.1, 0.15) is 28.2 Å². The molecule has 4 heteroatoms. The smallest absolute Gasteiger partial charge is 0.201 e. The minimum absolute atomic E-state index is 0.223. The van der Waals surface area contributed by atoms with Gasteiger partial charge in [0.2, 0.25) is 22.8 Å². The number of hydrogen-bond acceptors (Lipinski definition) is 0. The molecule has 109 heavy (non-hydrogen) atoms. The second kappa shape index (κ2) is 35.4. The van der Waals surface area contributed by atoms with Crippen molar-refractivity contribution in [1.82, 2.24) is 0 Å². The van der Waals surface area contributed by atoms with Gasteiger partial charge >= 0.3 is 0 Å². The van der Waals surface area contributed by atoms with Crippen LogP contribution < -0.4 is 18.3 Å². The van der Waals surface area contributed by atoms with Gasteiger partial charge in [-0.25, -0.2) is 18.3 Å². The summed E-state index contributed by atoms with van der Waals surface area (Å²) >= 11 is 0. The minimum Gasteiger partial charge on any atom is -0.201 e. The molecule has 4 aliphatic rings. The van der Waals surface area contributed by atoms with Crippen molar-refractivity contribution in [1.29, 1.82) is 0 Å². The molecule has 8 aromatic carbocycles. The Morgan fingerprint density at radius 3 is 0.853 bits per heavy atom. The molecular weight excluding hydrogens is 1320 g/mol. The molecule has 558 valence electrons. The lowest BCUT2D eigenvalue weighted by Crippen LogP contribution is -2.32. The van der Waals surface area contributed by atoms with Crippen LogP contribution in [0.2, 0.25) is 0 Å². The molecule has 0 radical (unpaired) electrons. The predicted octanol–water partition coefficient (Wildman–Crippen LogP) is 26.2. The second-order valence-corrected chi connectivity index (χ2v) is 31.0. The van der Waals surface area contributed by atoms with E-state index in [9.17, 15) is 1.37 Å². The van der Waals surface area contributed by atoms with E-state index in [1.54, 1.807) is 16.8 Å². The molecule has 0 saturated heterocycles. The van der Waals surface area contributed by atoms with E-state index in [1.807, 2.05) is 226 Å². The van der Waals surface area contributed by atoms with Crippen molar-refractivity contribution < 1.29 is 44.3 Å². The Morgan fingerprint density at radius 2 is 0.523 bits per heavy atom. The van der Waals surface area contributed by atoms with E-state index in [-0.39, 0.29) is 11.1 Å². The van der Waals surface area contributed by atoms with Crippen LogP contribution in [0.15, 0.2) is 225 Å².